The van der Waals surface area contributed by atoms with Crippen LogP contribution >= 0.6 is 0 Å². The lowest BCUT2D eigenvalue weighted by Gasteiger charge is -2.19. The quantitative estimate of drug-likeness (QED) is 0.838. The molecular weight excluding hydrogens is 223 g/mol. The molecule has 6 heteroatoms. The summed E-state index contributed by atoms with van der Waals surface area (Å²) in [5.74, 6) is -0.0206. The molecule has 1 atom stereocenters. The highest BCUT2D eigenvalue weighted by atomic mass is 19.4. The summed E-state index contributed by atoms with van der Waals surface area (Å²) in [6.45, 7) is -0.302. The predicted molar refractivity (Wildman–Crippen MR) is 52.0 cm³/mol. The first-order chi connectivity index (χ1) is 7.41. The molecular formula is C10H12F3NO2. The number of alkyl halides is 3. The van der Waals surface area contributed by atoms with Crippen molar-refractivity contribution in [1.29, 1.82) is 0 Å². The van der Waals surface area contributed by atoms with E-state index in [4.69, 9.17) is 10.5 Å². The van der Waals surface area contributed by atoms with E-state index in [0.717, 1.165) is 6.07 Å². The summed E-state index contributed by atoms with van der Waals surface area (Å²) in [4.78, 5) is 0. The summed E-state index contributed by atoms with van der Waals surface area (Å²) in [5, 5.41) is 9.48. The van der Waals surface area contributed by atoms with Gasteiger partial charge in [-0.1, -0.05) is 6.07 Å². The molecule has 1 aromatic rings. The number of methoxy groups -OCH3 is 1. The molecule has 0 bridgehead atoms. The fraction of sp³-hybridized carbons (Fsp3) is 0.400. The Morgan fingerprint density at radius 1 is 1.44 bits per heavy atom. The molecule has 0 aliphatic heterocycles. The summed E-state index contributed by atoms with van der Waals surface area (Å²) >= 11 is 0. The maximum Gasteiger partial charge on any atom is 0.416 e. The number of benzene rings is 1. The van der Waals surface area contributed by atoms with Crippen molar-refractivity contribution >= 4 is 0 Å². The van der Waals surface area contributed by atoms with Crippen molar-refractivity contribution in [1.82, 2.24) is 0 Å². The fourth-order valence-corrected chi connectivity index (χ4v) is 1.43. The van der Waals surface area contributed by atoms with Gasteiger partial charge in [0.25, 0.3) is 0 Å². The average Bonchev–Trinajstić information content (AvgIpc) is 2.25. The van der Waals surface area contributed by atoms with Gasteiger partial charge in [0.05, 0.1) is 18.8 Å². The maximum atomic E-state index is 12.7. The lowest BCUT2D eigenvalue weighted by atomic mass is 10.0. The topological polar surface area (TPSA) is 55.5 Å². The van der Waals surface area contributed by atoms with E-state index in [-0.39, 0.29) is 17.9 Å². The minimum absolute atomic E-state index is 0.0206. The van der Waals surface area contributed by atoms with Gasteiger partial charge in [0.15, 0.2) is 0 Å². The smallest absolute Gasteiger partial charge is 0.416 e. The molecule has 90 valence electrons. The number of nitrogens with two attached hydrogens (primary N) is 1. The highest BCUT2D eigenvalue weighted by Crippen LogP contribution is 2.38. The zero-order valence-corrected chi connectivity index (χ0v) is 8.58. The number of hydrogen-bond acceptors (Lipinski definition) is 3. The van der Waals surface area contributed by atoms with Crippen LogP contribution in [0.1, 0.15) is 17.2 Å². The number of aliphatic hydroxyl groups is 1. The molecule has 0 radical (unpaired) electrons. The van der Waals surface area contributed by atoms with Gasteiger partial charge in [0.1, 0.15) is 5.75 Å². The van der Waals surface area contributed by atoms with Crippen molar-refractivity contribution in [2.75, 3.05) is 13.7 Å². The SMILES string of the molecule is COc1cccc(C(F)(F)F)c1C(O)CN. The van der Waals surface area contributed by atoms with E-state index in [0.29, 0.717) is 0 Å². The molecule has 0 spiro atoms. The molecule has 0 amide bonds. The van der Waals surface area contributed by atoms with Crippen LogP contribution in [-0.2, 0) is 6.18 Å². The van der Waals surface area contributed by atoms with E-state index in [9.17, 15) is 18.3 Å². The monoisotopic (exact) mass is 235 g/mol. The van der Waals surface area contributed by atoms with Gasteiger partial charge in [-0.3, -0.25) is 0 Å². The third-order valence-corrected chi connectivity index (χ3v) is 2.15. The maximum absolute atomic E-state index is 12.7. The van der Waals surface area contributed by atoms with Gasteiger partial charge in [-0.2, -0.15) is 13.2 Å². The van der Waals surface area contributed by atoms with Crippen LogP contribution in [0.25, 0.3) is 0 Å². The van der Waals surface area contributed by atoms with Crippen molar-refractivity contribution in [3.63, 3.8) is 0 Å². The Bertz CT molecular complexity index is 366. The van der Waals surface area contributed by atoms with Crippen LogP contribution in [0.15, 0.2) is 18.2 Å². The van der Waals surface area contributed by atoms with Crippen LogP contribution in [0.3, 0.4) is 0 Å². The number of aliphatic hydroxyl groups excluding tert-OH is 1. The van der Waals surface area contributed by atoms with Gasteiger partial charge in [0.2, 0.25) is 0 Å². The summed E-state index contributed by atoms with van der Waals surface area (Å²) in [7, 11) is 1.24. The van der Waals surface area contributed by atoms with Crippen LogP contribution in [0.5, 0.6) is 5.75 Å². The first-order valence-electron chi connectivity index (χ1n) is 4.54. The van der Waals surface area contributed by atoms with E-state index in [1.54, 1.807) is 0 Å². The minimum atomic E-state index is -4.54. The molecule has 3 nitrogen and oxygen atoms in total. The molecule has 0 aliphatic rings. The molecule has 0 heterocycles. The molecule has 0 aromatic heterocycles. The second-order valence-corrected chi connectivity index (χ2v) is 3.17. The largest absolute Gasteiger partial charge is 0.496 e. The van der Waals surface area contributed by atoms with Crippen molar-refractivity contribution in [3.8, 4) is 5.75 Å². The van der Waals surface area contributed by atoms with E-state index < -0.39 is 17.8 Å². The van der Waals surface area contributed by atoms with Gasteiger partial charge < -0.3 is 15.6 Å². The lowest BCUT2D eigenvalue weighted by molar-refractivity contribution is -0.139. The molecule has 0 saturated heterocycles. The standard InChI is InChI=1S/C10H12F3NO2/c1-16-8-4-2-3-6(10(11,12)13)9(8)7(15)5-14/h2-4,7,15H,5,14H2,1H3. The van der Waals surface area contributed by atoms with Gasteiger partial charge >= 0.3 is 6.18 Å². The number of ether oxygens (including phenoxy) is 1. The summed E-state index contributed by atoms with van der Waals surface area (Å²) < 4.78 is 42.8. The Labute approximate surface area is 90.6 Å². The highest BCUT2D eigenvalue weighted by Gasteiger charge is 2.36. The molecule has 0 fully saturated rings. The Morgan fingerprint density at radius 3 is 2.50 bits per heavy atom. The molecule has 1 unspecified atom stereocenters. The summed E-state index contributed by atoms with van der Waals surface area (Å²) in [6, 6.07) is 3.45. The third-order valence-electron chi connectivity index (χ3n) is 2.15. The second-order valence-electron chi connectivity index (χ2n) is 3.17. The van der Waals surface area contributed by atoms with Crippen molar-refractivity contribution < 1.29 is 23.0 Å². The van der Waals surface area contributed by atoms with Crippen LogP contribution in [0.2, 0.25) is 0 Å². The van der Waals surface area contributed by atoms with Crippen LogP contribution in [0, 0.1) is 0 Å². The molecule has 3 N–H and O–H groups in total. The zero-order chi connectivity index (χ0) is 12.3. The highest BCUT2D eigenvalue weighted by molar-refractivity contribution is 5.43. The van der Waals surface area contributed by atoms with Crippen LogP contribution in [0.4, 0.5) is 13.2 Å². The molecule has 16 heavy (non-hydrogen) atoms. The zero-order valence-electron chi connectivity index (χ0n) is 8.58. The van der Waals surface area contributed by atoms with Gasteiger partial charge in [-0.05, 0) is 12.1 Å². The van der Waals surface area contributed by atoms with Crippen molar-refractivity contribution in [3.05, 3.63) is 29.3 Å². The molecule has 0 saturated carbocycles. The van der Waals surface area contributed by atoms with Crippen LogP contribution < -0.4 is 10.5 Å². The van der Waals surface area contributed by atoms with E-state index in [1.165, 1.54) is 19.2 Å². The van der Waals surface area contributed by atoms with Gasteiger partial charge in [-0.25, -0.2) is 0 Å². The Hall–Kier alpha value is -1.27. The first-order valence-corrected chi connectivity index (χ1v) is 4.54. The minimum Gasteiger partial charge on any atom is -0.496 e. The van der Waals surface area contributed by atoms with Crippen LogP contribution in [-0.4, -0.2) is 18.8 Å². The van der Waals surface area contributed by atoms with Gasteiger partial charge in [0, 0.05) is 12.1 Å². The third kappa shape index (κ3) is 2.45. The Balaban J connectivity index is 3.38. The number of hydrogen-bond donors (Lipinski definition) is 2. The van der Waals surface area contributed by atoms with Crippen molar-refractivity contribution in [2.24, 2.45) is 5.73 Å². The van der Waals surface area contributed by atoms with Gasteiger partial charge in [-0.15, -0.1) is 0 Å². The summed E-state index contributed by atoms with van der Waals surface area (Å²) in [6.07, 6.45) is -5.94. The van der Waals surface area contributed by atoms with E-state index >= 15 is 0 Å². The lowest BCUT2D eigenvalue weighted by Crippen LogP contribution is -2.18. The number of halogens is 3. The summed E-state index contributed by atoms with van der Waals surface area (Å²) in [5.41, 5.74) is 3.92. The number of rotatable bonds is 3. The Morgan fingerprint density at radius 2 is 2.06 bits per heavy atom. The molecule has 1 rings (SSSR count). The Kier molecular flexibility index (Phi) is 3.77. The average molecular weight is 235 g/mol. The fourth-order valence-electron chi connectivity index (χ4n) is 1.43. The van der Waals surface area contributed by atoms with Crippen molar-refractivity contribution in [2.45, 2.75) is 12.3 Å². The molecule has 0 aliphatic carbocycles. The van der Waals surface area contributed by atoms with E-state index in [1.807, 2.05) is 0 Å². The first kappa shape index (κ1) is 12.8. The van der Waals surface area contributed by atoms with E-state index in [2.05, 4.69) is 0 Å². The normalized spacial score (nSPS) is 13.6. The predicted octanol–water partition coefficient (Wildman–Crippen LogP) is 1.71. The second kappa shape index (κ2) is 4.71. The molecule has 1 aromatic carbocycles.